The summed E-state index contributed by atoms with van der Waals surface area (Å²) in [5.74, 6) is 1.45. The van der Waals surface area contributed by atoms with Gasteiger partial charge in [-0.05, 0) is 65.4 Å². The van der Waals surface area contributed by atoms with Gasteiger partial charge in [0.15, 0.2) is 0 Å². The van der Waals surface area contributed by atoms with Gasteiger partial charge in [0.1, 0.15) is 16.4 Å². The van der Waals surface area contributed by atoms with E-state index in [1.54, 1.807) is 18.4 Å². The van der Waals surface area contributed by atoms with E-state index < -0.39 is 0 Å². The molecule has 0 atom stereocenters. The number of nitrogens with one attached hydrogen (secondary N) is 1. The van der Waals surface area contributed by atoms with Crippen LogP contribution in [0.1, 0.15) is 28.2 Å². The van der Waals surface area contributed by atoms with Crippen molar-refractivity contribution < 1.29 is 4.74 Å². The molecule has 4 nitrogen and oxygen atoms in total. The smallest absolute Gasteiger partial charge is 0.260 e. The molecule has 0 saturated heterocycles. The molecule has 5 heteroatoms. The molecule has 27 heavy (non-hydrogen) atoms. The molecule has 0 amide bonds. The number of hydrogen-bond acceptors (Lipinski definition) is 4. The minimum Gasteiger partial charge on any atom is -0.497 e. The first-order chi connectivity index (χ1) is 13.2. The molecule has 0 aliphatic heterocycles. The molecule has 1 aliphatic rings. The number of thiophene rings is 1. The van der Waals surface area contributed by atoms with Crippen molar-refractivity contribution in [1.82, 2.24) is 9.97 Å². The molecular weight excluding hydrogens is 356 g/mol. The maximum atomic E-state index is 12.5. The highest BCUT2D eigenvalue weighted by Crippen LogP contribution is 2.34. The summed E-state index contributed by atoms with van der Waals surface area (Å²) in [7, 11) is 1.67. The SMILES string of the molecule is COc1ccc2cc(/C=C/c3nc4sc5c(c4c(=O)[nH]3)CCC5)ccc2c1. The molecule has 2 aromatic carbocycles. The highest BCUT2D eigenvalue weighted by Gasteiger charge is 2.20. The van der Waals surface area contributed by atoms with Crippen LogP contribution in [0.4, 0.5) is 0 Å². The first-order valence-electron chi connectivity index (χ1n) is 9.02. The summed E-state index contributed by atoms with van der Waals surface area (Å²) < 4.78 is 5.27. The number of H-pyrrole nitrogens is 1. The van der Waals surface area contributed by atoms with E-state index in [1.165, 1.54) is 10.4 Å². The number of aromatic nitrogens is 2. The number of aromatic amines is 1. The molecule has 5 rings (SSSR count). The molecule has 4 aromatic rings. The maximum Gasteiger partial charge on any atom is 0.260 e. The number of methoxy groups -OCH3 is 1. The third-order valence-corrected chi connectivity index (χ3v) is 6.28. The lowest BCUT2D eigenvalue weighted by atomic mass is 10.1. The number of ether oxygens (including phenoxy) is 1. The summed E-state index contributed by atoms with van der Waals surface area (Å²) in [5.41, 5.74) is 2.25. The van der Waals surface area contributed by atoms with Crippen LogP contribution in [0.3, 0.4) is 0 Å². The molecule has 0 spiro atoms. The lowest BCUT2D eigenvalue weighted by Crippen LogP contribution is -2.09. The Morgan fingerprint density at radius 2 is 1.96 bits per heavy atom. The third-order valence-electron chi connectivity index (χ3n) is 5.10. The van der Waals surface area contributed by atoms with Crippen LogP contribution in [0.15, 0.2) is 41.2 Å². The Bertz CT molecular complexity index is 1270. The zero-order valence-electron chi connectivity index (χ0n) is 14.9. The fourth-order valence-electron chi connectivity index (χ4n) is 3.75. The van der Waals surface area contributed by atoms with E-state index in [-0.39, 0.29) is 5.56 Å². The Morgan fingerprint density at radius 3 is 2.85 bits per heavy atom. The van der Waals surface area contributed by atoms with Crippen molar-refractivity contribution in [2.45, 2.75) is 19.3 Å². The molecule has 1 N–H and O–H groups in total. The highest BCUT2D eigenvalue weighted by atomic mass is 32.1. The molecule has 1 aliphatic carbocycles. The van der Waals surface area contributed by atoms with E-state index in [2.05, 4.69) is 28.2 Å². The predicted octanol–water partition coefficient (Wildman–Crippen LogP) is 4.81. The first kappa shape index (κ1) is 16.3. The van der Waals surface area contributed by atoms with E-state index in [0.29, 0.717) is 5.82 Å². The largest absolute Gasteiger partial charge is 0.497 e. The second-order valence-electron chi connectivity index (χ2n) is 6.79. The summed E-state index contributed by atoms with van der Waals surface area (Å²) >= 11 is 1.66. The van der Waals surface area contributed by atoms with Gasteiger partial charge in [-0.25, -0.2) is 4.98 Å². The average molecular weight is 374 g/mol. The van der Waals surface area contributed by atoms with Crippen LogP contribution in [0.25, 0.3) is 33.1 Å². The molecule has 2 aromatic heterocycles. The molecule has 134 valence electrons. The number of hydrogen-bond donors (Lipinski definition) is 1. The van der Waals surface area contributed by atoms with Crippen LogP contribution in [-0.2, 0) is 12.8 Å². The van der Waals surface area contributed by atoms with Crippen LogP contribution in [0.2, 0.25) is 0 Å². The van der Waals surface area contributed by atoms with Gasteiger partial charge in [0.25, 0.3) is 5.56 Å². The van der Waals surface area contributed by atoms with E-state index in [9.17, 15) is 4.79 Å². The first-order valence-corrected chi connectivity index (χ1v) is 9.83. The summed E-state index contributed by atoms with van der Waals surface area (Å²) in [6.07, 6.45) is 7.07. The minimum absolute atomic E-state index is 0.0235. The Hall–Kier alpha value is -2.92. The second-order valence-corrected chi connectivity index (χ2v) is 7.88. The monoisotopic (exact) mass is 374 g/mol. The third kappa shape index (κ3) is 2.84. The fourth-order valence-corrected chi connectivity index (χ4v) is 5.02. The predicted molar refractivity (Wildman–Crippen MR) is 112 cm³/mol. The number of aryl methyl sites for hydroxylation is 2. The standard InChI is InChI=1S/C22H18N2O2S/c1-26-16-9-8-14-11-13(5-7-15(14)12-16)6-10-19-23-21(25)20-17-3-2-4-18(17)27-22(20)24-19/h5-12H,2-4H2,1H3,(H,23,24,25)/b10-6+. The maximum absolute atomic E-state index is 12.5. The average Bonchev–Trinajstić information content (AvgIpc) is 3.26. The van der Waals surface area contributed by atoms with Gasteiger partial charge >= 0.3 is 0 Å². The molecule has 0 bridgehead atoms. The Labute approximate surface area is 160 Å². The molecule has 2 heterocycles. The van der Waals surface area contributed by atoms with E-state index in [4.69, 9.17) is 4.74 Å². The second kappa shape index (κ2) is 6.35. The summed E-state index contributed by atoms with van der Waals surface area (Å²) in [4.78, 5) is 22.3. The van der Waals surface area contributed by atoms with Gasteiger partial charge in [0, 0.05) is 4.88 Å². The lowest BCUT2D eigenvalue weighted by molar-refractivity contribution is 0.415. The van der Waals surface area contributed by atoms with Crippen molar-refractivity contribution in [3.8, 4) is 5.75 Å². The van der Waals surface area contributed by atoms with Gasteiger partial charge < -0.3 is 9.72 Å². The van der Waals surface area contributed by atoms with Crippen molar-refractivity contribution in [1.29, 1.82) is 0 Å². The lowest BCUT2D eigenvalue weighted by Gasteiger charge is -2.03. The van der Waals surface area contributed by atoms with Crippen molar-refractivity contribution >= 4 is 44.5 Å². The van der Waals surface area contributed by atoms with Crippen molar-refractivity contribution in [3.63, 3.8) is 0 Å². The Kier molecular flexibility index (Phi) is 3.83. The van der Waals surface area contributed by atoms with Gasteiger partial charge in [0.05, 0.1) is 12.5 Å². The number of fused-ring (bicyclic) bond motifs is 4. The van der Waals surface area contributed by atoms with Crippen molar-refractivity contribution in [2.24, 2.45) is 0 Å². The van der Waals surface area contributed by atoms with Crippen LogP contribution >= 0.6 is 11.3 Å². The van der Waals surface area contributed by atoms with Crippen LogP contribution in [0.5, 0.6) is 5.75 Å². The van der Waals surface area contributed by atoms with E-state index in [1.807, 2.05) is 30.4 Å². The highest BCUT2D eigenvalue weighted by molar-refractivity contribution is 7.18. The molecule has 0 fully saturated rings. The summed E-state index contributed by atoms with van der Waals surface area (Å²) in [5, 5.41) is 3.07. The van der Waals surface area contributed by atoms with Crippen molar-refractivity contribution in [2.75, 3.05) is 7.11 Å². The van der Waals surface area contributed by atoms with Crippen molar-refractivity contribution in [3.05, 3.63) is 68.6 Å². The summed E-state index contributed by atoms with van der Waals surface area (Å²) in [6.45, 7) is 0. The number of nitrogens with zero attached hydrogens (tertiary/aromatic N) is 1. The molecular formula is C22H18N2O2S. The minimum atomic E-state index is -0.0235. The normalized spacial score (nSPS) is 13.7. The van der Waals surface area contributed by atoms with Gasteiger partial charge in [-0.2, -0.15) is 0 Å². The number of benzene rings is 2. The molecule has 0 unspecified atom stereocenters. The van der Waals surface area contributed by atoms with E-state index in [0.717, 1.165) is 51.6 Å². The molecule has 0 saturated carbocycles. The Morgan fingerprint density at radius 1 is 1.11 bits per heavy atom. The van der Waals surface area contributed by atoms with Crippen LogP contribution in [-0.4, -0.2) is 17.1 Å². The van der Waals surface area contributed by atoms with Gasteiger partial charge in [0.2, 0.25) is 0 Å². The molecule has 0 radical (unpaired) electrons. The Balaban J connectivity index is 1.50. The van der Waals surface area contributed by atoms with Crippen LogP contribution < -0.4 is 10.3 Å². The topological polar surface area (TPSA) is 55.0 Å². The number of rotatable bonds is 3. The quantitative estimate of drug-likeness (QED) is 0.560. The van der Waals surface area contributed by atoms with Gasteiger partial charge in [-0.1, -0.05) is 24.3 Å². The van der Waals surface area contributed by atoms with Gasteiger partial charge in [-0.3, -0.25) is 4.79 Å². The van der Waals surface area contributed by atoms with Gasteiger partial charge in [-0.15, -0.1) is 11.3 Å². The van der Waals surface area contributed by atoms with E-state index >= 15 is 0 Å². The zero-order chi connectivity index (χ0) is 18.4. The summed E-state index contributed by atoms with van der Waals surface area (Å²) in [6, 6.07) is 12.3. The van der Waals surface area contributed by atoms with Crippen LogP contribution in [0, 0.1) is 0 Å². The zero-order valence-corrected chi connectivity index (χ0v) is 15.7. The fraction of sp³-hybridized carbons (Fsp3) is 0.182.